The molecule has 2 aliphatic rings. The molecule has 1 aliphatic carbocycles. The smallest absolute Gasteiger partial charge is 0.180 e. The lowest BCUT2D eigenvalue weighted by atomic mass is 9.94. The first-order valence-corrected chi connectivity index (χ1v) is 4.72. The van der Waals surface area contributed by atoms with Gasteiger partial charge in [-0.05, 0) is 12.3 Å². The summed E-state index contributed by atoms with van der Waals surface area (Å²) < 4.78 is 13.8. The van der Waals surface area contributed by atoms with Gasteiger partial charge in [0.25, 0.3) is 0 Å². The normalized spacial score (nSPS) is 19.9. The van der Waals surface area contributed by atoms with Crippen molar-refractivity contribution in [3.63, 3.8) is 0 Å². The second-order valence-electron chi connectivity index (χ2n) is 3.28. The van der Waals surface area contributed by atoms with Crippen LogP contribution >= 0.6 is 0 Å². The van der Waals surface area contributed by atoms with Crippen molar-refractivity contribution in [1.29, 1.82) is 5.26 Å². The molecule has 1 aliphatic heterocycles. The van der Waals surface area contributed by atoms with E-state index in [1.165, 1.54) is 6.08 Å². The second-order valence-corrected chi connectivity index (χ2v) is 3.28. The molecule has 1 N–H and O–H groups in total. The largest absolute Gasteiger partial charge is 0.372 e. The van der Waals surface area contributed by atoms with Gasteiger partial charge in [-0.3, -0.25) is 9.79 Å². The van der Waals surface area contributed by atoms with Crippen LogP contribution in [0.15, 0.2) is 40.3 Å². The molecule has 0 amide bonds. The van der Waals surface area contributed by atoms with Gasteiger partial charge in [-0.2, -0.15) is 5.26 Å². The lowest BCUT2D eigenvalue weighted by Crippen LogP contribution is -2.18. The van der Waals surface area contributed by atoms with E-state index in [9.17, 15) is 9.18 Å². The molecule has 0 atom stereocenters. The Labute approximate surface area is 91.5 Å². The number of ketones is 1. The van der Waals surface area contributed by atoms with E-state index < -0.39 is 17.2 Å². The fraction of sp³-hybridized carbons (Fsp3) is 0.182. The van der Waals surface area contributed by atoms with Crippen molar-refractivity contribution in [1.82, 2.24) is 5.32 Å². The maximum Gasteiger partial charge on any atom is 0.180 e. The van der Waals surface area contributed by atoms with Crippen LogP contribution in [0, 0.1) is 11.3 Å². The first-order valence-electron chi connectivity index (χ1n) is 4.72. The molecular weight excluding hydrogens is 209 g/mol. The third-order valence-electron chi connectivity index (χ3n) is 2.31. The van der Waals surface area contributed by atoms with E-state index in [2.05, 4.69) is 10.3 Å². The Hall–Kier alpha value is -2.22. The highest BCUT2D eigenvalue weighted by Gasteiger charge is 2.25. The van der Waals surface area contributed by atoms with Crippen molar-refractivity contribution in [2.24, 2.45) is 4.99 Å². The van der Waals surface area contributed by atoms with E-state index in [4.69, 9.17) is 5.26 Å². The molecule has 0 bridgehead atoms. The van der Waals surface area contributed by atoms with Crippen LogP contribution in [0.2, 0.25) is 0 Å². The Morgan fingerprint density at radius 1 is 1.56 bits per heavy atom. The average Bonchev–Trinajstić information content (AvgIpc) is 2.31. The summed E-state index contributed by atoms with van der Waals surface area (Å²) in [6, 6.07) is 1.59. The highest BCUT2D eigenvalue weighted by atomic mass is 19.1. The van der Waals surface area contributed by atoms with Crippen molar-refractivity contribution in [2.45, 2.75) is 6.42 Å². The van der Waals surface area contributed by atoms with Crippen LogP contribution in [0.4, 0.5) is 4.39 Å². The SMILES string of the molecule is N#CC1=C(F)C(C2=NCNC=C2)=CCC1=O. The highest BCUT2D eigenvalue weighted by Crippen LogP contribution is 2.25. The first-order chi connectivity index (χ1) is 7.74. The Kier molecular flexibility index (Phi) is 2.64. The number of halogens is 1. The van der Waals surface area contributed by atoms with E-state index in [1.807, 2.05) is 0 Å². The van der Waals surface area contributed by atoms with Gasteiger partial charge in [-0.15, -0.1) is 0 Å². The minimum absolute atomic E-state index is 0.0476. The molecule has 1 heterocycles. The molecule has 2 rings (SSSR count). The molecule has 0 aromatic rings. The topological polar surface area (TPSA) is 65.2 Å². The van der Waals surface area contributed by atoms with Crippen molar-refractivity contribution in [2.75, 3.05) is 6.67 Å². The standard InChI is InChI=1S/C11H8FN3O/c12-11-7(9-3-4-14-6-15-9)1-2-10(16)8(11)5-13/h1,3-4,14H,2,6H2. The second kappa shape index (κ2) is 4.11. The summed E-state index contributed by atoms with van der Waals surface area (Å²) in [5.74, 6) is -1.26. The predicted molar refractivity (Wildman–Crippen MR) is 56.0 cm³/mol. The molecule has 0 unspecified atom stereocenters. The number of carbonyl (C=O) groups is 1. The van der Waals surface area contributed by atoms with Crippen molar-refractivity contribution in [3.05, 3.63) is 35.3 Å². The number of aliphatic imine (C=N–C) groups is 1. The van der Waals surface area contributed by atoms with Gasteiger partial charge < -0.3 is 5.32 Å². The average molecular weight is 217 g/mol. The minimum atomic E-state index is -0.774. The monoisotopic (exact) mass is 217 g/mol. The molecule has 0 aromatic carbocycles. The first kappa shape index (κ1) is 10.3. The molecule has 0 fully saturated rings. The molecule has 16 heavy (non-hydrogen) atoms. The molecule has 0 spiro atoms. The summed E-state index contributed by atoms with van der Waals surface area (Å²) in [5.41, 5.74) is 0.275. The molecule has 0 saturated heterocycles. The lowest BCUT2D eigenvalue weighted by Gasteiger charge is -2.14. The maximum atomic E-state index is 13.8. The number of hydrogen-bond acceptors (Lipinski definition) is 4. The number of nitriles is 1. The van der Waals surface area contributed by atoms with Gasteiger partial charge >= 0.3 is 0 Å². The fourth-order valence-corrected chi connectivity index (χ4v) is 1.52. The molecule has 0 saturated carbocycles. The zero-order valence-corrected chi connectivity index (χ0v) is 8.33. The van der Waals surface area contributed by atoms with Crippen LogP contribution < -0.4 is 5.32 Å². The van der Waals surface area contributed by atoms with Crippen molar-refractivity contribution >= 4 is 11.5 Å². The van der Waals surface area contributed by atoms with Gasteiger partial charge in [0.2, 0.25) is 0 Å². The zero-order chi connectivity index (χ0) is 11.5. The molecule has 80 valence electrons. The third-order valence-corrected chi connectivity index (χ3v) is 2.31. The Morgan fingerprint density at radius 2 is 2.38 bits per heavy atom. The molecule has 4 nitrogen and oxygen atoms in total. The molecule has 0 aromatic heterocycles. The van der Waals surface area contributed by atoms with Crippen LogP contribution in [-0.2, 0) is 4.79 Å². The number of nitrogens with one attached hydrogen (secondary N) is 1. The number of carbonyl (C=O) groups excluding carboxylic acids is 1. The molecular formula is C11H8FN3O. The summed E-state index contributed by atoms with van der Waals surface area (Å²) in [6.07, 6.45) is 4.78. The summed E-state index contributed by atoms with van der Waals surface area (Å²) in [7, 11) is 0. The van der Waals surface area contributed by atoms with Gasteiger partial charge in [0.1, 0.15) is 18.3 Å². The quantitative estimate of drug-likeness (QED) is 0.716. The zero-order valence-electron chi connectivity index (χ0n) is 8.33. The van der Waals surface area contributed by atoms with Gasteiger partial charge in [0.15, 0.2) is 11.6 Å². The Bertz CT molecular complexity index is 506. The van der Waals surface area contributed by atoms with E-state index in [0.717, 1.165) is 0 Å². The van der Waals surface area contributed by atoms with Gasteiger partial charge in [0.05, 0.1) is 5.71 Å². The number of hydrogen-bond donors (Lipinski definition) is 1. The number of Topliss-reactive ketones (excluding diaryl/α,β-unsaturated/α-hetero) is 1. The van der Waals surface area contributed by atoms with Gasteiger partial charge in [-0.25, -0.2) is 4.39 Å². The molecule has 0 radical (unpaired) electrons. The van der Waals surface area contributed by atoms with Crippen LogP contribution in [0.5, 0.6) is 0 Å². The number of allylic oxidation sites excluding steroid dienone is 5. The van der Waals surface area contributed by atoms with Crippen molar-refractivity contribution in [3.8, 4) is 6.07 Å². The van der Waals surface area contributed by atoms with Crippen LogP contribution in [0.1, 0.15) is 6.42 Å². The number of nitrogens with zero attached hydrogens (tertiary/aromatic N) is 2. The van der Waals surface area contributed by atoms with Crippen LogP contribution in [-0.4, -0.2) is 18.2 Å². The van der Waals surface area contributed by atoms with E-state index in [1.54, 1.807) is 18.3 Å². The highest BCUT2D eigenvalue weighted by molar-refractivity contribution is 6.15. The van der Waals surface area contributed by atoms with Crippen LogP contribution in [0.3, 0.4) is 0 Å². The fourth-order valence-electron chi connectivity index (χ4n) is 1.52. The van der Waals surface area contributed by atoms with Crippen molar-refractivity contribution < 1.29 is 9.18 Å². The van der Waals surface area contributed by atoms with E-state index in [0.29, 0.717) is 12.4 Å². The van der Waals surface area contributed by atoms with E-state index >= 15 is 0 Å². The molecule has 5 heteroatoms. The maximum absolute atomic E-state index is 13.8. The summed E-state index contributed by atoms with van der Waals surface area (Å²) in [4.78, 5) is 15.3. The minimum Gasteiger partial charge on any atom is -0.372 e. The summed E-state index contributed by atoms with van der Waals surface area (Å²) >= 11 is 0. The third kappa shape index (κ3) is 1.65. The van der Waals surface area contributed by atoms with Crippen LogP contribution in [0.25, 0.3) is 0 Å². The lowest BCUT2D eigenvalue weighted by molar-refractivity contribution is -0.114. The van der Waals surface area contributed by atoms with Gasteiger partial charge in [-0.1, -0.05) is 6.08 Å². The summed E-state index contributed by atoms with van der Waals surface area (Å²) in [5, 5.41) is 11.5. The Balaban J connectivity index is 2.41. The number of rotatable bonds is 1. The van der Waals surface area contributed by atoms with Gasteiger partial charge in [0, 0.05) is 12.0 Å². The van der Waals surface area contributed by atoms with E-state index in [-0.39, 0.29) is 12.0 Å². The Morgan fingerprint density at radius 3 is 3.00 bits per heavy atom. The predicted octanol–water partition coefficient (Wildman–Crippen LogP) is 1.15. The summed E-state index contributed by atoms with van der Waals surface area (Å²) in [6.45, 7) is 0.367.